The number of nitrogens with one attached hydrogen (secondary N) is 2. The molecule has 0 aromatic rings. The van der Waals surface area contributed by atoms with Crippen LogP contribution in [0.4, 0.5) is 8.78 Å². The molecule has 4 N–H and O–H groups in total. The SMILES string of the molecule is CC(C)C1C[C@@H](C(=O)N[C@@H](CC(F)F)C(=O)NCC2CCCO2)N(C(=O)[C@@H](N)C(C)(C)C)C1. The Morgan fingerprint density at radius 1 is 1.21 bits per heavy atom. The van der Waals surface area contributed by atoms with Gasteiger partial charge in [0.05, 0.1) is 12.1 Å². The van der Waals surface area contributed by atoms with Crippen LogP contribution in [0.1, 0.15) is 60.3 Å². The molecule has 2 aliphatic rings. The summed E-state index contributed by atoms with van der Waals surface area (Å²) in [6.07, 6.45) is -1.66. The summed E-state index contributed by atoms with van der Waals surface area (Å²) in [7, 11) is 0. The van der Waals surface area contributed by atoms with Crippen molar-refractivity contribution < 1.29 is 27.9 Å². The molecule has 0 aromatic carbocycles. The third-order valence-corrected chi connectivity index (χ3v) is 6.64. The Balaban J connectivity index is 2.12. The Morgan fingerprint density at radius 3 is 2.39 bits per heavy atom. The average molecular weight is 475 g/mol. The van der Waals surface area contributed by atoms with Crippen LogP contribution in [0.2, 0.25) is 0 Å². The van der Waals surface area contributed by atoms with Gasteiger partial charge in [-0.15, -0.1) is 0 Å². The second-order valence-corrected chi connectivity index (χ2v) is 10.7. The second-order valence-electron chi connectivity index (χ2n) is 10.7. The number of rotatable bonds is 9. The van der Waals surface area contributed by atoms with Gasteiger partial charge in [0, 0.05) is 26.1 Å². The van der Waals surface area contributed by atoms with E-state index in [4.69, 9.17) is 10.5 Å². The summed E-state index contributed by atoms with van der Waals surface area (Å²) in [5.74, 6) is -1.35. The predicted octanol–water partition coefficient (Wildman–Crippen LogP) is 1.67. The molecule has 0 saturated carbocycles. The highest BCUT2D eigenvalue weighted by atomic mass is 19.3. The van der Waals surface area contributed by atoms with Gasteiger partial charge in [-0.25, -0.2) is 8.78 Å². The molecule has 2 saturated heterocycles. The van der Waals surface area contributed by atoms with Crippen LogP contribution in [0.15, 0.2) is 0 Å². The normalized spacial score (nSPS) is 25.4. The molecule has 5 atom stereocenters. The Labute approximate surface area is 195 Å². The zero-order valence-electron chi connectivity index (χ0n) is 20.4. The fourth-order valence-corrected chi connectivity index (χ4v) is 4.21. The summed E-state index contributed by atoms with van der Waals surface area (Å²) in [5.41, 5.74) is 5.67. The summed E-state index contributed by atoms with van der Waals surface area (Å²) >= 11 is 0. The fraction of sp³-hybridized carbons (Fsp3) is 0.870. The standard InChI is InChI=1S/C23H40F2N4O4/c1-13(2)14-9-17(29(12-14)22(32)19(26)23(3,4)5)21(31)28-16(10-18(24)25)20(30)27-11-15-7-6-8-33-15/h13-19H,6-12,26H2,1-5H3,(H,27,30)(H,28,31)/t14?,15?,16-,17-,19+/m0/s1. The maximum absolute atomic E-state index is 13.2. The number of amides is 3. The van der Waals surface area contributed by atoms with E-state index in [2.05, 4.69) is 10.6 Å². The van der Waals surface area contributed by atoms with Gasteiger partial charge in [0.1, 0.15) is 12.1 Å². The van der Waals surface area contributed by atoms with Crippen molar-refractivity contribution in [3.8, 4) is 0 Å². The molecule has 2 aliphatic heterocycles. The monoisotopic (exact) mass is 474 g/mol. The Kier molecular flexibility index (Phi) is 9.60. The molecule has 0 aliphatic carbocycles. The molecule has 0 radical (unpaired) electrons. The number of hydrogen-bond donors (Lipinski definition) is 3. The van der Waals surface area contributed by atoms with Crippen LogP contribution in [0, 0.1) is 17.3 Å². The molecule has 8 nitrogen and oxygen atoms in total. The van der Waals surface area contributed by atoms with E-state index in [1.54, 1.807) is 0 Å². The van der Waals surface area contributed by atoms with E-state index in [1.165, 1.54) is 4.90 Å². The lowest BCUT2D eigenvalue weighted by molar-refractivity contribution is -0.142. The van der Waals surface area contributed by atoms with Gasteiger partial charge in [-0.05, 0) is 36.5 Å². The summed E-state index contributed by atoms with van der Waals surface area (Å²) < 4.78 is 31.8. The number of halogens is 2. The first-order valence-corrected chi connectivity index (χ1v) is 11.8. The highest BCUT2D eigenvalue weighted by molar-refractivity contribution is 5.93. The van der Waals surface area contributed by atoms with Gasteiger partial charge >= 0.3 is 0 Å². The van der Waals surface area contributed by atoms with Crippen LogP contribution in [0.5, 0.6) is 0 Å². The van der Waals surface area contributed by atoms with E-state index in [1.807, 2.05) is 34.6 Å². The molecule has 2 fully saturated rings. The van der Waals surface area contributed by atoms with Gasteiger partial charge in [0.2, 0.25) is 24.1 Å². The summed E-state index contributed by atoms with van der Waals surface area (Å²) in [4.78, 5) is 40.3. The number of nitrogens with zero attached hydrogens (tertiary/aromatic N) is 1. The molecule has 0 bridgehead atoms. The minimum Gasteiger partial charge on any atom is -0.376 e. The summed E-state index contributed by atoms with van der Waals surface area (Å²) in [6.45, 7) is 10.7. The van der Waals surface area contributed by atoms with E-state index >= 15 is 0 Å². The van der Waals surface area contributed by atoms with Crippen molar-refractivity contribution >= 4 is 17.7 Å². The van der Waals surface area contributed by atoms with Crippen molar-refractivity contribution in [1.29, 1.82) is 0 Å². The van der Waals surface area contributed by atoms with Crippen LogP contribution in [-0.4, -0.2) is 73.0 Å². The van der Waals surface area contributed by atoms with Crippen LogP contribution < -0.4 is 16.4 Å². The molecule has 2 heterocycles. The molecule has 190 valence electrons. The first kappa shape index (κ1) is 27.4. The first-order chi connectivity index (χ1) is 15.3. The molecule has 10 heteroatoms. The summed E-state index contributed by atoms with van der Waals surface area (Å²) in [5, 5.41) is 5.09. The lowest BCUT2D eigenvalue weighted by Crippen LogP contribution is -2.57. The van der Waals surface area contributed by atoms with Gasteiger partial charge in [-0.2, -0.15) is 0 Å². The minimum absolute atomic E-state index is 0.0683. The quantitative estimate of drug-likeness (QED) is 0.470. The van der Waals surface area contributed by atoms with Crippen LogP contribution >= 0.6 is 0 Å². The van der Waals surface area contributed by atoms with Crippen molar-refractivity contribution in [3.63, 3.8) is 0 Å². The Bertz CT molecular complexity index is 692. The van der Waals surface area contributed by atoms with E-state index in [0.29, 0.717) is 19.6 Å². The minimum atomic E-state index is -2.78. The summed E-state index contributed by atoms with van der Waals surface area (Å²) in [6, 6.07) is -3.07. The largest absolute Gasteiger partial charge is 0.376 e. The number of likely N-dealkylation sites (tertiary alicyclic amines) is 1. The van der Waals surface area contributed by atoms with Crippen LogP contribution in [0.3, 0.4) is 0 Å². The van der Waals surface area contributed by atoms with Crippen molar-refractivity contribution in [3.05, 3.63) is 0 Å². The highest BCUT2D eigenvalue weighted by Gasteiger charge is 2.44. The van der Waals surface area contributed by atoms with Gasteiger partial charge in [-0.1, -0.05) is 34.6 Å². The Morgan fingerprint density at radius 2 is 1.88 bits per heavy atom. The molecule has 0 aromatic heterocycles. The molecule has 3 amide bonds. The molecular weight excluding hydrogens is 434 g/mol. The lowest BCUT2D eigenvalue weighted by atomic mass is 9.86. The highest BCUT2D eigenvalue weighted by Crippen LogP contribution is 2.31. The third-order valence-electron chi connectivity index (χ3n) is 6.64. The van der Waals surface area contributed by atoms with Gasteiger partial charge in [0.15, 0.2) is 0 Å². The zero-order valence-corrected chi connectivity index (χ0v) is 20.4. The number of nitrogens with two attached hydrogens (primary N) is 1. The number of alkyl halides is 2. The van der Waals surface area contributed by atoms with Crippen LogP contribution in [-0.2, 0) is 19.1 Å². The molecule has 0 spiro atoms. The molecular formula is C23H40F2N4O4. The lowest BCUT2D eigenvalue weighted by Gasteiger charge is -2.33. The number of carbonyl (C=O) groups is 3. The fourth-order valence-electron chi connectivity index (χ4n) is 4.21. The molecule has 2 rings (SSSR count). The number of carbonyl (C=O) groups excluding carboxylic acids is 3. The van der Waals surface area contributed by atoms with Crippen molar-refractivity contribution in [1.82, 2.24) is 15.5 Å². The number of hydrogen-bond acceptors (Lipinski definition) is 5. The van der Waals surface area contributed by atoms with Gasteiger partial charge in [-0.3, -0.25) is 14.4 Å². The first-order valence-electron chi connectivity index (χ1n) is 11.8. The second kappa shape index (κ2) is 11.6. The van der Waals surface area contributed by atoms with E-state index in [0.717, 1.165) is 12.8 Å². The molecule has 2 unspecified atom stereocenters. The Hall–Kier alpha value is -1.81. The van der Waals surface area contributed by atoms with Crippen molar-refractivity contribution in [2.45, 2.75) is 91.0 Å². The van der Waals surface area contributed by atoms with E-state index in [9.17, 15) is 23.2 Å². The van der Waals surface area contributed by atoms with Crippen molar-refractivity contribution in [2.75, 3.05) is 19.7 Å². The zero-order chi connectivity index (χ0) is 24.9. The molecule has 33 heavy (non-hydrogen) atoms. The number of ether oxygens (including phenoxy) is 1. The van der Waals surface area contributed by atoms with Gasteiger partial charge in [0.25, 0.3) is 0 Å². The maximum Gasteiger partial charge on any atom is 0.243 e. The van der Waals surface area contributed by atoms with Gasteiger partial charge < -0.3 is 26.0 Å². The predicted molar refractivity (Wildman–Crippen MR) is 120 cm³/mol. The maximum atomic E-state index is 13.2. The average Bonchev–Trinajstić information content (AvgIpc) is 3.39. The van der Waals surface area contributed by atoms with Crippen LogP contribution in [0.25, 0.3) is 0 Å². The smallest absolute Gasteiger partial charge is 0.243 e. The van der Waals surface area contributed by atoms with E-state index < -0.39 is 48.2 Å². The van der Waals surface area contributed by atoms with Crippen molar-refractivity contribution in [2.24, 2.45) is 23.0 Å². The topological polar surface area (TPSA) is 114 Å². The third kappa shape index (κ3) is 7.60. The van der Waals surface area contributed by atoms with E-state index in [-0.39, 0.29) is 30.4 Å².